The number of rotatable bonds is 4. The molecule has 21 heavy (non-hydrogen) atoms. The van der Waals surface area contributed by atoms with Crippen molar-refractivity contribution in [2.24, 2.45) is 0 Å². The summed E-state index contributed by atoms with van der Waals surface area (Å²) in [5, 5.41) is 3.57. The number of aryl methyl sites for hydroxylation is 1. The Morgan fingerprint density at radius 1 is 1.52 bits per heavy atom. The van der Waals surface area contributed by atoms with Gasteiger partial charge in [0.2, 0.25) is 5.91 Å². The number of benzene rings is 1. The first-order valence-electron chi connectivity index (χ1n) is 7.44. The number of amides is 1. The summed E-state index contributed by atoms with van der Waals surface area (Å²) in [4.78, 5) is 14.3. The number of nitrogens with zero attached hydrogens (tertiary/aromatic N) is 1. The molecule has 1 fully saturated rings. The lowest BCUT2D eigenvalue weighted by Crippen LogP contribution is -2.33. The molecule has 0 radical (unpaired) electrons. The average molecular weight is 311 g/mol. The number of carbonyl (C=O) groups excluding carboxylic acids is 1. The predicted octanol–water partition coefficient (Wildman–Crippen LogP) is 3.09. The molecule has 2 rings (SSSR count). The van der Waals surface area contributed by atoms with E-state index in [0.29, 0.717) is 11.4 Å². The highest BCUT2D eigenvalue weighted by molar-refractivity contribution is 6.31. The van der Waals surface area contributed by atoms with Crippen molar-refractivity contribution in [2.45, 2.75) is 32.8 Å². The van der Waals surface area contributed by atoms with E-state index in [0.717, 1.165) is 43.9 Å². The van der Waals surface area contributed by atoms with Gasteiger partial charge in [-0.3, -0.25) is 4.79 Å². The molecule has 4 nitrogen and oxygen atoms in total. The fraction of sp³-hybridized carbons (Fsp3) is 0.562. The van der Waals surface area contributed by atoms with Crippen LogP contribution >= 0.6 is 11.6 Å². The maximum Gasteiger partial charge on any atom is 0.225 e. The Labute approximate surface area is 131 Å². The molecule has 0 bridgehead atoms. The topological polar surface area (TPSA) is 41.6 Å². The van der Waals surface area contributed by atoms with Gasteiger partial charge in [-0.2, -0.15) is 0 Å². The van der Waals surface area contributed by atoms with Crippen molar-refractivity contribution in [3.63, 3.8) is 0 Å². The largest absolute Gasteiger partial charge is 0.377 e. The summed E-state index contributed by atoms with van der Waals surface area (Å²) < 4.78 is 5.60. The van der Waals surface area contributed by atoms with Crippen LogP contribution in [-0.2, 0) is 9.53 Å². The number of hydrogen-bond donors (Lipinski definition) is 1. The van der Waals surface area contributed by atoms with E-state index in [4.69, 9.17) is 16.3 Å². The zero-order valence-electron chi connectivity index (χ0n) is 12.7. The fourth-order valence-corrected chi connectivity index (χ4v) is 2.62. The first kappa shape index (κ1) is 16.3. The second-order valence-corrected chi connectivity index (χ2v) is 6.00. The molecule has 5 heteroatoms. The maximum absolute atomic E-state index is 12.0. The summed E-state index contributed by atoms with van der Waals surface area (Å²) in [5.74, 6) is 0.0211. The van der Waals surface area contributed by atoms with Crippen LogP contribution in [0, 0.1) is 6.92 Å². The molecule has 1 aromatic carbocycles. The molecule has 1 amide bonds. The minimum absolute atomic E-state index is 0.0211. The van der Waals surface area contributed by atoms with Crippen LogP contribution in [0.15, 0.2) is 18.2 Å². The lowest BCUT2D eigenvalue weighted by atomic mass is 10.2. The number of carbonyl (C=O) groups is 1. The van der Waals surface area contributed by atoms with Gasteiger partial charge in [0.05, 0.1) is 6.10 Å². The van der Waals surface area contributed by atoms with Crippen molar-refractivity contribution in [3.8, 4) is 0 Å². The molecule has 0 saturated carbocycles. The van der Waals surface area contributed by atoms with Crippen LogP contribution in [-0.4, -0.2) is 43.2 Å². The Bertz CT molecular complexity index is 493. The summed E-state index contributed by atoms with van der Waals surface area (Å²) in [5.41, 5.74) is 1.76. The van der Waals surface area contributed by atoms with Gasteiger partial charge in [-0.15, -0.1) is 0 Å². The Morgan fingerprint density at radius 2 is 2.33 bits per heavy atom. The Kier molecular flexibility index (Phi) is 6.03. The highest BCUT2D eigenvalue weighted by atomic mass is 35.5. The normalized spacial score (nSPS) is 20.0. The first-order chi connectivity index (χ1) is 10.0. The van der Waals surface area contributed by atoms with Gasteiger partial charge in [-0.25, -0.2) is 0 Å². The van der Waals surface area contributed by atoms with E-state index in [-0.39, 0.29) is 12.0 Å². The molecule has 1 aromatic rings. The van der Waals surface area contributed by atoms with Crippen LogP contribution in [0.5, 0.6) is 0 Å². The quantitative estimate of drug-likeness (QED) is 0.929. The molecule has 1 aliphatic heterocycles. The molecule has 0 unspecified atom stereocenters. The second-order valence-electron chi connectivity index (χ2n) is 5.60. The van der Waals surface area contributed by atoms with E-state index in [9.17, 15) is 4.79 Å². The molecule has 1 N–H and O–H groups in total. The molecule has 116 valence electrons. The Morgan fingerprint density at radius 3 is 3.10 bits per heavy atom. The van der Waals surface area contributed by atoms with Gasteiger partial charge < -0.3 is 15.0 Å². The highest BCUT2D eigenvalue weighted by Crippen LogP contribution is 2.20. The average Bonchev–Trinajstić information content (AvgIpc) is 2.65. The van der Waals surface area contributed by atoms with Crippen LogP contribution in [0.2, 0.25) is 5.02 Å². The lowest BCUT2D eigenvalue weighted by Gasteiger charge is -2.21. The van der Waals surface area contributed by atoms with Crippen molar-refractivity contribution in [2.75, 3.05) is 31.6 Å². The number of ether oxygens (including phenoxy) is 1. The van der Waals surface area contributed by atoms with Crippen molar-refractivity contribution < 1.29 is 9.53 Å². The van der Waals surface area contributed by atoms with E-state index in [1.165, 1.54) is 0 Å². The summed E-state index contributed by atoms with van der Waals surface area (Å²) in [6.07, 6.45) is 1.75. The fourth-order valence-electron chi connectivity index (χ4n) is 2.44. The van der Waals surface area contributed by atoms with Crippen molar-refractivity contribution in [1.29, 1.82) is 0 Å². The monoisotopic (exact) mass is 310 g/mol. The molecule has 0 aliphatic carbocycles. The number of anilines is 1. The SMILES string of the molecule is Cc1ccc(NC(=O)CCN2CCCO[C@H](C)C2)cc1Cl. The van der Waals surface area contributed by atoms with E-state index in [2.05, 4.69) is 17.1 Å². The third-order valence-corrected chi connectivity index (χ3v) is 4.05. The van der Waals surface area contributed by atoms with Crippen LogP contribution in [0.4, 0.5) is 5.69 Å². The van der Waals surface area contributed by atoms with Gasteiger partial charge in [0.15, 0.2) is 0 Å². The smallest absolute Gasteiger partial charge is 0.225 e. The summed E-state index contributed by atoms with van der Waals surface area (Å²) in [6.45, 7) is 7.48. The summed E-state index contributed by atoms with van der Waals surface area (Å²) in [7, 11) is 0. The minimum atomic E-state index is 0.0211. The molecule has 1 saturated heterocycles. The molecular formula is C16H23ClN2O2. The highest BCUT2D eigenvalue weighted by Gasteiger charge is 2.15. The van der Waals surface area contributed by atoms with Crippen molar-refractivity contribution >= 4 is 23.2 Å². The van der Waals surface area contributed by atoms with Gasteiger partial charge in [0.1, 0.15) is 0 Å². The van der Waals surface area contributed by atoms with E-state index < -0.39 is 0 Å². The Hall–Kier alpha value is -1.10. The molecule has 1 heterocycles. The lowest BCUT2D eigenvalue weighted by molar-refractivity contribution is -0.116. The van der Waals surface area contributed by atoms with E-state index >= 15 is 0 Å². The minimum Gasteiger partial charge on any atom is -0.377 e. The molecule has 0 aromatic heterocycles. The predicted molar refractivity (Wildman–Crippen MR) is 85.9 cm³/mol. The maximum atomic E-state index is 12.0. The van der Waals surface area contributed by atoms with Crippen LogP contribution < -0.4 is 5.32 Å². The standard InChI is InChI=1S/C16H23ClN2O2/c1-12-4-5-14(10-15(12)17)18-16(20)6-8-19-7-3-9-21-13(2)11-19/h4-5,10,13H,3,6-9,11H2,1-2H3,(H,18,20)/t13-/m1/s1. The third-order valence-electron chi connectivity index (χ3n) is 3.65. The molecule has 1 aliphatic rings. The number of hydrogen-bond acceptors (Lipinski definition) is 3. The van der Waals surface area contributed by atoms with Gasteiger partial charge in [-0.05, 0) is 38.0 Å². The number of nitrogens with one attached hydrogen (secondary N) is 1. The third kappa shape index (κ3) is 5.30. The van der Waals surface area contributed by atoms with Gasteiger partial charge >= 0.3 is 0 Å². The molecule has 1 atom stereocenters. The van der Waals surface area contributed by atoms with Crippen LogP contribution in [0.1, 0.15) is 25.3 Å². The second kappa shape index (κ2) is 7.78. The van der Waals surface area contributed by atoms with Gasteiger partial charge in [0.25, 0.3) is 0 Å². The number of halogens is 1. The zero-order chi connectivity index (χ0) is 15.2. The Balaban J connectivity index is 1.80. The molecular weight excluding hydrogens is 288 g/mol. The zero-order valence-corrected chi connectivity index (χ0v) is 13.4. The van der Waals surface area contributed by atoms with E-state index in [1.807, 2.05) is 19.1 Å². The summed E-state index contributed by atoms with van der Waals surface area (Å²) in [6, 6.07) is 5.57. The van der Waals surface area contributed by atoms with Crippen LogP contribution in [0.25, 0.3) is 0 Å². The van der Waals surface area contributed by atoms with Crippen LogP contribution in [0.3, 0.4) is 0 Å². The first-order valence-corrected chi connectivity index (χ1v) is 7.82. The molecule has 0 spiro atoms. The summed E-state index contributed by atoms with van der Waals surface area (Å²) >= 11 is 6.06. The van der Waals surface area contributed by atoms with Crippen molar-refractivity contribution in [3.05, 3.63) is 28.8 Å². The van der Waals surface area contributed by atoms with E-state index in [1.54, 1.807) is 6.07 Å². The van der Waals surface area contributed by atoms with Gasteiger partial charge in [0, 0.05) is 43.4 Å². The van der Waals surface area contributed by atoms with Gasteiger partial charge in [-0.1, -0.05) is 17.7 Å². The van der Waals surface area contributed by atoms with Crippen molar-refractivity contribution in [1.82, 2.24) is 4.90 Å².